The Morgan fingerprint density at radius 3 is 2.26 bits per heavy atom. The van der Waals surface area contributed by atoms with Crippen LogP contribution in [0.3, 0.4) is 0 Å². The van der Waals surface area contributed by atoms with Crippen LogP contribution >= 0.6 is 0 Å². The van der Waals surface area contributed by atoms with Crippen LogP contribution in [0.25, 0.3) is 0 Å². The highest BCUT2D eigenvalue weighted by atomic mass is 16.3. The van der Waals surface area contributed by atoms with Crippen LogP contribution in [0.2, 0.25) is 0 Å². The summed E-state index contributed by atoms with van der Waals surface area (Å²) in [5, 5.41) is 16.0. The predicted octanol–water partition coefficient (Wildman–Crippen LogP) is 4.69. The summed E-state index contributed by atoms with van der Waals surface area (Å²) < 4.78 is 0. The topological polar surface area (TPSA) is 78.8 Å². The van der Waals surface area contributed by atoms with Gasteiger partial charge in [0.2, 0.25) is 5.91 Å². The van der Waals surface area contributed by atoms with Crippen molar-refractivity contribution in [3.8, 4) is 5.75 Å². The maximum Gasteiger partial charge on any atom is 0.244 e. The van der Waals surface area contributed by atoms with Gasteiger partial charge in [-0.15, -0.1) is 4.91 Å². The lowest BCUT2D eigenvalue weighted by atomic mass is 9.69. The van der Waals surface area contributed by atoms with Crippen molar-refractivity contribution in [3.63, 3.8) is 0 Å². The fourth-order valence-corrected chi connectivity index (χ4v) is 3.88. The molecule has 0 aromatic heterocycles. The molecule has 5 heteroatoms. The second-order valence-electron chi connectivity index (χ2n) is 6.84. The third kappa shape index (κ3) is 2.35. The standard InChI is InChI=1S/C22H18N2O3/c1-13-11-15(7-9-18(13)24-27)22(16-8-10-20(25)14(2)12-16)17-5-3-4-6-19(17)23-21(22)26/h3-12,25H,1-2H3,(H,23,26). The van der Waals surface area contributed by atoms with Gasteiger partial charge in [0.15, 0.2) is 0 Å². The summed E-state index contributed by atoms with van der Waals surface area (Å²) in [4.78, 5) is 24.4. The van der Waals surface area contributed by atoms with Gasteiger partial charge >= 0.3 is 0 Å². The fraction of sp³-hybridized carbons (Fsp3) is 0.136. The molecule has 3 aromatic carbocycles. The second kappa shape index (κ2) is 6.06. The lowest BCUT2D eigenvalue weighted by molar-refractivity contribution is -0.118. The minimum Gasteiger partial charge on any atom is -0.508 e. The van der Waals surface area contributed by atoms with E-state index in [9.17, 15) is 14.8 Å². The fourth-order valence-electron chi connectivity index (χ4n) is 3.88. The van der Waals surface area contributed by atoms with Crippen LogP contribution in [0.15, 0.2) is 65.8 Å². The molecule has 0 aliphatic carbocycles. The monoisotopic (exact) mass is 358 g/mol. The molecular formula is C22H18N2O3. The molecule has 27 heavy (non-hydrogen) atoms. The summed E-state index contributed by atoms with van der Waals surface area (Å²) >= 11 is 0. The molecule has 1 amide bonds. The highest BCUT2D eigenvalue weighted by Crippen LogP contribution is 2.48. The van der Waals surface area contributed by atoms with Crippen LogP contribution in [0.4, 0.5) is 11.4 Å². The number of amides is 1. The largest absolute Gasteiger partial charge is 0.508 e. The van der Waals surface area contributed by atoms with Gasteiger partial charge in [0.25, 0.3) is 0 Å². The third-order valence-corrected chi connectivity index (χ3v) is 5.28. The number of phenols is 1. The van der Waals surface area contributed by atoms with Crippen molar-refractivity contribution >= 4 is 17.3 Å². The van der Waals surface area contributed by atoms with Gasteiger partial charge in [0.1, 0.15) is 16.9 Å². The van der Waals surface area contributed by atoms with Crippen LogP contribution in [0.5, 0.6) is 5.75 Å². The third-order valence-electron chi connectivity index (χ3n) is 5.28. The number of hydrogen-bond acceptors (Lipinski definition) is 4. The number of aromatic hydroxyl groups is 1. The summed E-state index contributed by atoms with van der Waals surface area (Å²) in [6, 6.07) is 18.0. The first-order valence-corrected chi connectivity index (χ1v) is 8.64. The number of carbonyl (C=O) groups excluding carboxylic acids is 1. The molecule has 0 bridgehead atoms. The highest BCUT2D eigenvalue weighted by molar-refractivity contribution is 6.11. The first kappa shape index (κ1) is 17.0. The average molecular weight is 358 g/mol. The van der Waals surface area contributed by atoms with E-state index >= 15 is 0 Å². The molecule has 5 nitrogen and oxygen atoms in total. The zero-order valence-electron chi connectivity index (χ0n) is 15.0. The van der Waals surface area contributed by atoms with Gasteiger partial charge in [-0.3, -0.25) is 4.79 Å². The number of carbonyl (C=O) groups is 1. The summed E-state index contributed by atoms with van der Waals surface area (Å²) in [5.74, 6) is 0.0114. The SMILES string of the molecule is Cc1cc(C2(c3ccc(N=O)c(C)c3)C(=O)Nc3ccccc32)ccc1O. The van der Waals surface area contributed by atoms with Crippen LogP contribution in [-0.4, -0.2) is 11.0 Å². The summed E-state index contributed by atoms with van der Waals surface area (Å²) in [7, 11) is 0. The normalized spacial score (nSPS) is 18.1. The molecule has 0 radical (unpaired) electrons. The molecule has 1 unspecified atom stereocenters. The maximum atomic E-state index is 13.4. The van der Waals surface area contributed by atoms with E-state index in [1.807, 2.05) is 36.4 Å². The smallest absolute Gasteiger partial charge is 0.244 e. The Kier molecular flexibility index (Phi) is 3.81. The number of nitrogens with zero attached hydrogens (tertiary/aromatic N) is 1. The molecule has 1 aliphatic heterocycles. The van der Waals surface area contributed by atoms with Crippen LogP contribution in [-0.2, 0) is 10.2 Å². The molecule has 134 valence electrons. The molecule has 0 spiro atoms. The average Bonchev–Trinajstić information content (AvgIpc) is 2.96. The Morgan fingerprint density at radius 2 is 1.59 bits per heavy atom. The number of para-hydroxylation sites is 1. The van der Waals surface area contributed by atoms with E-state index in [1.165, 1.54) is 0 Å². The predicted molar refractivity (Wildman–Crippen MR) is 104 cm³/mol. The van der Waals surface area contributed by atoms with Crippen LogP contribution in [0, 0.1) is 18.8 Å². The van der Waals surface area contributed by atoms with Crippen molar-refractivity contribution in [1.29, 1.82) is 0 Å². The quantitative estimate of drug-likeness (QED) is 0.667. The van der Waals surface area contributed by atoms with Crippen molar-refractivity contribution in [2.75, 3.05) is 5.32 Å². The van der Waals surface area contributed by atoms with Crippen molar-refractivity contribution in [3.05, 3.63) is 93.4 Å². The molecule has 0 saturated heterocycles. The number of aryl methyl sites for hydroxylation is 2. The lowest BCUT2D eigenvalue weighted by Crippen LogP contribution is -2.37. The Bertz CT molecular complexity index is 1090. The van der Waals surface area contributed by atoms with Gasteiger partial charge in [-0.05, 0) is 59.5 Å². The number of hydrogen-bond donors (Lipinski definition) is 2. The van der Waals surface area contributed by atoms with E-state index in [0.29, 0.717) is 16.8 Å². The molecule has 0 fully saturated rings. The Hall–Kier alpha value is -3.47. The van der Waals surface area contributed by atoms with Gasteiger partial charge < -0.3 is 10.4 Å². The van der Waals surface area contributed by atoms with Crippen molar-refractivity contribution in [2.24, 2.45) is 5.18 Å². The Labute approximate surface area is 156 Å². The van der Waals surface area contributed by atoms with E-state index < -0.39 is 5.41 Å². The van der Waals surface area contributed by atoms with Gasteiger partial charge in [0, 0.05) is 11.3 Å². The summed E-state index contributed by atoms with van der Waals surface area (Å²) in [6.45, 7) is 3.60. The zero-order valence-corrected chi connectivity index (χ0v) is 15.0. The maximum absolute atomic E-state index is 13.4. The first-order chi connectivity index (χ1) is 13.0. The van der Waals surface area contributed by atoms with Gasteiger partial charge in [-0.25, -0.2) is 0 Å². The van der Waals surface area contributed by atoms with E-state index in [1.54, 1.807) is 38.1 Å². The summed E-state index contributed by atoms with van der Waals surface area (Å²) in [6.07, 6.45) is 0. The van der Waals surface area contributed by atoms with Crippen LogP contribution < -0.4 is 5.32 Å². The van der Waals surface area contributed by atoms with Crippen molar-refractivity contribution in [2.45, 2.75) is 19.3 Å². The number of anilines is 1. The number of nitrogens with one attached hydrogen (secondary N) is 1. The molecule has 1 aliphatic rings. The zero-order chi connectivity index (χ0) is 19.2. The number of phenolic OH excluding ortho intramolecular Hbond substituents is 1. The van der Waals surface area contributed by atoms with E-state index in [0.717, 1.165) is 22.4 Å². The minimum absolute atomic E-state index is 0.167. The summed E-state index contributed by atoms with van der Waals surface area (Å²) in [5.41, 5.74) is 3.77. The molecule has 1 atom stereocenters. The molecule has 3 aromatic rings. The van der Waals surface area contributed by atoms with Crippen molar-refractivity contribution < 1.29 is 9.90 Å². The second-order valence-corrected chi connectivity index (χ2v) is 6.84. The van der Waals surface area contributed by atoms with Crippen molar-refractivity contribution in [1.82, 2.24) is 0 Å². The number of rotatable bonds is 3. The van der Waals surface area contributed by atoms with E-state index in [4.69, 9.17) is 0 Å². The number of nitroso groups, excluding NO2 is 1. The van der Waals surface area contributed by atoms with E-state index in [2.05, 4.69) is 10.5 Å². The number of fused-ring (bicyclic) bond motifs is 1. The number of benzene rings is 3. The first-order valence-electron chi connectivity index (χ1n) is 8.64. The van der Waals surface area contributed by atoms with E-state index in [-0.39, 0.29) is 11.7 Å². The molecule has 4 rings (SSSR count). The van der Waals surface area contributed by atoms with Gasteiger partial charge in [-0.2, -0.15) is 0 Å². The van der Waals surface area contributed by atoms with Crippen LogP contribution in [0.1, 0.15) is 27.8 Å². The molecular weight excluding hydrogens is 340 g/mol. The lowest BCUT2D eigenvalue weighted by Gasteiger charge is -2.30. The Balaban J connectivity index is 2.08. The minimum atomic E-state index is -1.07. The molecule has 1 heterocycles. The Morgan fingerprint density at radius 1 is 0.926 bits per heavy atom. The molecule has 0 saturated carbocycles. The van der Waals surface area contributed by atoms with Gasteiger partial charge in [-0.1, -0.05) is 42.5 Å². The highest BCUT2D eigenvalue weighted by Gasteiger charge is 2.49. The molecule has 2 N–H and O–H groups in total. The van der Waals surface area contributed by atoms with Gasteiger partial charge in [0.05, 0.1) is 0 Å².